The molecule has 0 saturated carbocycles. The van der Waals surface area contributed by atoms with Crippen molar-refractivity contribution in [1.82, 2.24) is 9.88 Å². The average molecular weight is 360 g/mol. The molecule has 132 valence electrons. The highest BCUT2D eigenvalue weighted by atomic mass is 35.5. The number of benzene rings is 1. The average Bonchev–Trinajstić information content (AvgIpc) is 2.89. The molecule has 1 amide bonds. The molecule has 6 heteroatoms. The van der Waals surface area contributed by atoms with E-state index in [0.29, 0.717) is 24.3 Å². The minimum atomic E-state index is -0.0381. The van der Waals surface area contributed by atoms with Crippen LogP contribution < -0.4 is 4.90 Å². The number of carbonyl (C=O) groups is 2. The molecule has 2 aromatic rings. The summed E-state index contributed by atoms with van der Waals surface area (Å²) in [6.07, 6.45) is 0. The van der Waals surface area contributed by atoms with Gasteiger partial charge < -0.3 is 14.8 Å². The molecule has 0 spiro atoms. The van der Waals surface area contributed by atoms with Crippen LogP contribution in [0, 0.1) is 13.8 Å². The number of aryl methyl sites for hydroxylation is 1. The normalized spacial score (nSPS) is 14.7. The first kappa shape index (κ1) is 17.5. The zero-order chi connectivity index (χ0) is 18.1. The summed E-state index contributed by atoms with van der Waals surface area (Å²) in [4.78, 5) is 31.8. The number of rotatable bonds is 3. The van der Waals surface area contributed by atoms with Gasteiger partial charge in [0.05, 0.1) is 0 Å². The van der Waals surface area contributed by atoms with Crippen LogP contribution >= 0.6 is 11.6 Å². The molecule has 25 heavy (non-hydrogen) atoms. The van der Waals surface area contributed by atoms with Gasteiger partial charge in [-0.1, -0.05) is 11.6 Å². The Balaban J connectivity index is 1.71. The molecule has 0 aliphatic carbocycles. The summed E-state index contributed by atoms with van der Waals surface area (Å²) < 4.78 is 0. The lowest BCUT2D eigenvalue weighted by Gasteiger charge is -2.36. The van der Waals surface area contributed by atoms with Crippen molar-refractivity contribution < 1.29 is 9.59 Å². The fourth-order valence-corrected chi connectivity index (χ4v) is 3.60. The molecule has 0 bridgehead atoms. The Kier molecular flexibility index (Phi) is 4.86. The molecule has 1 aromatic carbocycles. The fourth-order valence-electron chi connectivity index (χ4n) is 3.47. The molecule has 1 aliphatic rings. The molecule has 0 atom stereocenters. The molecule has 0 radical (unpaired) electrons. The summed E-state index contributed by atoms with van der Waals surface area (Å²) in [7, 11) is 0. The molecular formula is C19H22ClN3O2. The van der Waals surface area contributed by atoms with Crippen molar-refractivity contribution in [3.63, 3.8) is 0 Å². The molecule has 1 aliphatic heterocycles. The van der Waals surface area contributed by atoms with E-state index >= 15 is 0 Å². The van der Waals surface area contributed by atoms with E-state index in [1.54, 1.807) is 0 Å². The fraction of sp³-hybridized carbons (Fsp3) is 0.368. The summed E-state index contributed by atoms with van der Waals surface area (Å²) in [5, 5.41) is 0.719. The second-order valence-corrected chi connectivity index (χ2v) is 6.87. The van der Waals surface area contributed by atoms with Crippen LogP contribution in [0.2, 0.25) is 5.02 Å². The van der Waals surface area contributed by atoms with Gasteiger partial charge in [0.2, 0.25) is 0 Å². The zero-order valence-corrected chi connectivity index (χ0v) is 15.5. The van der Waals surface area contributed by atoms with Crippen molar-refractivity contribution in [2.45, 2.75) is 20.8 Å². The van der Waals surface area contributed by atoms with Crippen LogP contribution in [0.25, 0.3) is 0 Å². The lowest BCUT2D eigenvalue weighted by molar-refractivity contribution is 0.0740. The lowest BCUT2D eigenvalue weighted by Crippen LogP contribution is -2.49. The van der Waals surface area contributed by atoms with Gasteiger partial charge in [-0.3, -0.25) is 9.59 Å². The van der Waals surface area contributed by atoms with Crippen LogP contribution in [-0.4, -0.2) is 47.8 Å². The number of anilines is 1. The van der Waals surface area contributed by atoms with E-state index in [0.717, 1.165) is 35.1 Å². The zero-order valence-electron chi connectivity index (χ0n) is 14.7. The van der Waals surface area contributed by atoms with Gasteiger partial charge in [-0.15, -0.1) is 0 Å². The van der Waals surface area contributed by atoms with E-state index < -0.39 is 0 Å². The van der Waals surface area contributed by atoms with E-state index in [9.17, 15) is 9.59 Å². The van der Waals surface area contributed by atoms with E-state index in [2.05, 4.69) is 9.88 Å². The topological polar surface area (TPSA) is 56.4 Å². The van der Waals surface area contributed by atoms with Gasteiger partial charge >= 0.3 is 0 Å². The maximum absolute atomic E-state index is 12.8. The number of hydrogen-bond acceptors (Lipinski definition) is 3. The number of nitrogens with one attached hydrogen (secondary N) is 1. The maximum atomic E-state index is 12.8. The SMILES string of the molecule is CC(=O)c1c(C)[nH]c(C(=O)N2CCN(c3ccc(Cl)cc3)CC2)c1C. The Morgan fingerprint density at radius 2 is 1.64 bits per heavy atom. The van der Waals surface area contributed by atoms with Crippen LogP contribution in [0.4, 0.5) is 5.69 Å². The largest absolute Gasteiger partial charge is 0.368 e. The van der Waals surface area contributed by atoms with E-state index in [4.69, 9.17) is 11.6 Å². The van der Waals surface area contributed by atoms with E-state index in [1.165, 1.54) is 6.92 Å². The smallest absolute Gasteiger partial charge is 0.270 e. The molecule has 0 unspecified atom stereocenters. The van der Waals surface area contributed by atoms with Gasteiger partial charge in [0, 0.05) is 48.1 Å². The van der Waals surface area contributed by atoms with Gasteiger partial charge in [0.15, 0.2) is 5.78 Å². The van der Waals surface area contributed by atoms with Crippen molar-refractivity contribution in [1.29, 1.82) is 0 Å². The van der Waals surface area contributed by atoms with Crippen molar-refractivity contribution in [2.75, 3.05) is 31.1 Å². The Morgan fingerprint density at radius 1 is 1.04 bits per heavy atom. The molecule has 1 fully saturated rings. The molecule has 1 aromatic heterocycles. The highest BCUT2D eigenvalue weighted by Gasteiger charge is 2.26. The van der Waals surface area contributed by atoms with Crippen LogP contribution in [-0.2, 0) is 0 Å². The first-order valence-corrected chi connectivity index (χ1v) is 8.76. The van der Waals surface area contributed by atoms with Gasteiger partial charge in [0.1, 0.15) is 5.69 Å². The Bertz CT molecular complexity index is 803. The molecule has 1 saturated heterocycles. The Morgan fingerprint density at radius 3 is 2.16 bits per heavy atom. The first-order chi connectivity index (χ1) is 11.9. The molecule has 2 heterocycles. The number of ketones is 1. The molecule has 1 N–H and O–H groups in total. The molecule has 3 rings (SSSR count). The van der Waals surface area contributed by atoms with Gasteiger partial charge in [-0.05, 0) is 50.6 Å². The minimum Gasteiger partial charge on any atom is -0.368 e. The van der Waals surface area contributed by atoms with Crippen LogP contribution in [0.3, 0.4) is 0 Å². The number of amides is 1. The summed E-state index contributed by atoms with van der Waals surface area (Å²) in [6, 6.07) is 7.75. The second-order valence-electron chi connectivity index (χ2n) is 6.44. The number of Topliss-reactive ketones (excluding diaryl/α,β-unsaturated/α-hetero) is 1. The quantitative estimate of drug-likeness (QED) is 0.854. The predicted molar refractivity (Wildman–Crippen MR) is 99.8 cm³/mol. The number of hydrogen-bond donors (Lipinski definition) is 1. The molecule has 5 nitrogen and oxygen atoms in total. The van der Waals surface area contributed by atoms with Gasteiger partial charge in [-0.25, -0.2) is 0 Å². The van der Waals surface area contributed by atoms with Crippen LogP contribution in [0.1, 0.15) is 39.0 Å². The summed E-state index contributed by atoms with van der Waals surface area (Å²) in [5.74, 6) is -0.0540. The first-order valence-electron chi connectivity index (χ1n) is 8.38. The van der Waals surface area contributed by atoms with Gasteiger partial charge in [-0.2, -0.15) is 0 Å². The van der Waals surface area contributed by atoms with E-state index in [1.807, 2.05) is 43.0 Å². The third kappa shape index (κ3) is 3.42. The Hall–Kier alpha value is -2.27. The van der Waals surface area contributed by atoms with Crippen molar-refractivity contribution >= 4 is 29.0 Å². The van der Waals surface area contributed by atoms with E-state index in [-0.39, 0.29) is 11.7 Å². The van der Waals surface area contributed by atoms with Crippen molar-refractivity contribution in [3.8, 4) is 0 Å². The number of H-pyrrole nitrogens is 1. The van der Waals surface area contributed by atoms with Crippen LogP contribution in [0.5, 0.6) is 0 Å². The van der Waals surface area contributed by atoms with Crippen molar-refractivity contribution in [3.05, 3.63) is 51.8 Å². The predicted octanol–water partition coefficient (Wildman–Crippen LogP) is 3.45. The number of halogens is 1. The number of carbonyl (C=O) groups excluding carboxylic acids is 2. The highest BCUT2D eigenvalue weighted by molar-refractivity contribution is 6.30. The Labute approximate surface area is 152 Å². The maximum Gasteiger partial charge on any atom is 0.270 e. The summed E-state index contributed by atoms with van der Waals surface area (Å²) in [6.45, 7) is 8.03. The monoisotopic (exact) mass is 359 g/mol. The third-order valence-electron chi connectivity index (χ3n) is 4.76. The second kappa shape index (κ2) is 6.92. The van der Waals surface area contributed by atoms with Crippen molar-refractivity contribution in [2.24, 2.45) is 0 Å². The number of nitrogens with zero attached hydrogens (tertiary/aromatic N) is 2. The van der Waals surface area contributed by atoms with Crippen LogP contribution in [0.15, 0.2) is 24.3 Å². The standard InChI is InChI=1S/C19H22ClN3O2/c1-12-17(14(3)24)13(2)21-18(12)19(25)23-10-8-22(9-11-23)16-6-4-15(20)5-7-16/h4-7,21H,8-11H2,1-3H3. The number of piperazine rings is 1. The number of aromatic amines is 1. The third-order valence-corrected chi connectivity index (χ3v) is 5.01. The summed E-state index contributed by atoms with van der Waals surface area (Å²) in [5.41, 5.74) is 3.77. The van der Waals surface area contributed by atoms with Gasteiger partial charge in [0.25, 0.3) is 5.91 Å². The number of aromatic nitrogens is 1. The summed E-state index contributed by atoms with van der Waals surface area (Å²) >= 11 is 5.94. The molecular weight excluding hydrogens is 338 g/mol. The highest BCUT2D eigenvalue weighted by Crippen LogP contribution is 2.22. The lowest BCUT2D eigenvalue weighted by atomic mass is 10.1. The minimum absolute atomic E-state index is 0.0159.